The van der Waals surface area contributed by atoms with E-state index in [0.717, 1.165) is 16.8 Å². The maximum atomic E-state index is 9.24. The van der Waals surface area contributed by atoms with E-state index in [9.17, 15) is 5.26 Å². The first-order valence-corrected chi connectivity index (χ1v) is 6.78. The van der Waals surface area contributed by atoms with E-state index < -0.39 is 0 Å². The highest BCUT2D eigenvalue weighted by Gasteiger charge is 2.28. The summed E-state index contributed by atoms with van der Waals surface area (Å²) < 4.78 is 0. The number of nitrogens with zero attached hydrogens (tertiary/aromatic N) is 1. The van der Waals surface area contributed by atoms with Gasteiger partial charge in [-0.05, 0) is 43.2 Å². The van der Waals surface area contributed by atoms with Crippen LogP contribution in [-0.4, -0.2) is 6.04 Å². The van der Waals surface area contributed by atoms with Crippen LogP contribution in [0.5, 0.6) is 0 Å². The second-order valence-corrected chi connectivity index (χ2v) is 6.21. The zero-order valence-electron chi connectivity index (χ0n) is 11.6. The first kappa shape index (κ1) is 13.0. The fraction of sp³-hybridized carbons (Fsp3) is 0.562. The normalized spacial score (nSPS) is 22.2. The third-order valence-electron chi connectivity index (χ3n) is 3.95. The molecule has 1 aliphatic carbocycles. The molecule has 0 spiro atoms. The van der Waals surface area contributed by atoms with Gasteiger partial charge in [0, 0.05) is 6.04 Å². The smallest absolute Gasteiger partial charge is 0.102 e. The van der Waals surface area contributed by atoms with Crippen molar-refractivity contribution in [3.63, 3.8) is 0 Å². The highest BCUT2D eigenvalue weighted by Crippen LogP contribution is 2.36. The molecule has 18 heavy (non-hydrogen) atoms. The predicted molar refractivity (Wildman–Crippen MR) is 75.6 cm³/mol. The Morgan fingerprint density at radius 2 is 2.17 bits per heavy atom. The lowest BCUT2D eigenvalue weighted by Crippen LogP contribution is -2.32. The van der Waals surface area contributed by atoms with Crippen LogP contribution in [0.4, 0.5) is 5.69 Å². The second kappa shape index (κ2) is 5.02. The summed E-state index contributed by atoms with van der Waals surface area (Å²) in [5.74, 6) is 0. The van der Waals surface area contributed by atoms with E-state index in [1.807, 2.05) is 25.1 Å². The van der Waals surface area contributed by atoms with Gasteiger partial charge in [0.2, 0.25) is 0 Å². The number of nitriles is 1. The Hall–Kier alpha value is -1.49. The van der Waals surface area contributed by atoms with Gasteiger partial charge in [-0.3, -0.25) is 0 Å². The molecule has 2 nitrogen and oxygen atoms in total. The molecule has 0 saturated heterocycles. The van der Waals surface area contributed by atoms with Gasteiger partial charge in [-0.2, -0.15) is 5.26 Å². The average molecular weight is 242 g/mol. The van der Waals surface area contributed by atoms with Crippen LogP contribution in [0.25, 0.3) is 0 Å². The molecule has 2 rings (SSSR count). The summed E-state index contributed by atoms with van der Waals surface area (Å²) in [6.45, 7) is 6.67. The van der Waals surface area contributed by atoms with Crippen LogP contribution in [0.3, 0.4) is 0 Å². The molecule has 0 bridgehead atoms. The lowest BCUT2D eigenvalue weighted by Gasteiger charge is -2.36. The van der Waals surface area contributed by atoms with E-state index in [1.165, 1.54) is 25.7 Å². The van der Waals surface area contributed by atoms with Gasteiger partial charge in [0.15, 0.2) is 0 Å². The summed E-state index contributed by atoms with van der Waals surface area (Å²) in [6, 6.07) is 8.85. The zero-order chi connectivity index (χ0) is 13.2. The fourth-order valence-electron chi connectivity index (χ4n) is 2.98. The molecule has 2 heteroatoms. The van der Waals surface area contributed by atoms with Gasteiger partial charge < -0.3 is 5.32 Å². The van der Waals surface area contributed by atoms with E-state index in [-0.39, 0.29) is 0 Å². The summed E-state index contributed by atoms with van der Waals surface area (Å²) >= 11 is 0. The first-order valence-electron chi connectivity index (χ1n) is 6.78. The largest absolute Gasteiger partial charge is 0.381 e. The molecule has 0 amide bonds. The van der Waals surface area contributed by atoms with Crippen LogP contribution in [0.15, 0.2) is 18.2 Å². The molecule has 1 atom stereocenters. The molecule has 1 fully saturated rings. The van der Waals surface area contributed by atoms with Gasteiger partial charge in [-0.1, -0.05) is 32.4 Å². The highest BCUT2D eigenvalue weighted by atomic mass is 14.9. The molecule has 0 aromatic heterocycles. The Morgan fingerprint density at radius 1 is 1.39 bits per heavy atom. The summed E-state index contributed by atoms with van der Waals surface area (Å²) in [5.41, 5.74) is 3.27. The van der Waals surface area contributed by atoms with E-state index in [4.69, 9.17) is 0 Å². The van der Waals surface area contributed by atoms with Crippen LogP contribution < -0.4 is 5.32 Å². The summed E-state index contributed by atoms with van der Waals surface area (Å²) in [7, 11) is 0. The zero-order valence-corrected chi connectivity index (χ0v) is 11.6. The van der Waals surface area contributed by atoms with Gasteiger partial charge in [-0.25, -0.2) is 0 Å². The molecular weight excluding hydrogens is 220 g/mol. The van der Waals surface area contributed by atoms with Crippen molar-refractivity contribution >= 4 is 5.69 Å². The monoisotopic (exact) mass is 242 g/mol. The number of hydrogen-bond donors (Lipinski definition) is 1. The third-order valence-corrected chi connectivity index (χ3v) is 3.95. The molecule has 1 aliphatic rings. The molecule has 1 N–H and O–H groups in total. The number of benzene rings is 1. The maximum Gasteiger partial charge on any atom is 0.102 e. The van der Waals surface area contributed by atoms with Gasteiger partial charge >= 0.3 is 0 Å². The summed E-state index contributed by atoms with van der Waals surface area (Å²) in [6.07, 6.45) is 4.98. The van der Waals surface area contributed by atoms with Crippen molar-refractivity contribution in [1.29, 1.82) is 5.26 Å². The molecule has 0 aliphatic heterocycles. The predicted octanol–water partition coefficient (Wildman–Crippen LogP) is 4.25. The van der Waals surface area contributed by atoms with Crippen LogP contribution >= 0.6 is 0 Å². The highest BCUT2D eigenvalue weighted by molar-refractivity contribution is 5.61. The minimum Gasteiger partial charge on any atom is -0.381 e. The Balaban J connectivity index is 2.15. The van der Waals surface area contributed by atoms with Crippen LogP contribution in [0, 0.1) is 23.7 Å². The Labute approximate surface area is 110 Å². The van der Waals surface area contributed by atoms with E-state index >= 15 is 0 Å². The maximum absolute atomic E-state index is 9.24. The van der Waals surface area contributed by atoms with Crippen molar-refractivity contribution in [1.82, 2.24) is 0 Å². The molecule has 1 aromatic carbocycles. The average Bonchev–Trinajstić information content (AvgIpc) is 2.28. The Morgan fingerprint density at radius 3 is 2.83 bits per heavy atom. The number of anilines is 1. The number of hydrogen-bond acceptors (Lipinski definition) is 2. The van der Waals surface area contributed by atoms with E-state index in [1.54, 1.807) is 0 Å². The second-order valence-electron chi connectivity index (χ2n) is 6.21. The Bertz CT molecular complexity index is 468. The van der Waals surface area contributed by atoms with Crippen molar-refractivity contribution in [2.24, 2.45) is 5.41 Å². The minimum absolute atomic E-state index is 0.423. The first-order chi connectivity index (χ1) is 8.52. The van der Waals surface area contributed by atoms with Crippen molar-refractivity contribution in [3.8, 4) is 6.07 Å². The molecular formula is C16H22N2. The topological polar surface area (TPSA) is 35.8 Å². The molecule has 0 radical (unpaired) electrons. The molecule has 0 heterocycles. The van der Waals surface area contributed by atoms with Crippen molar-refractivity contribution in [3.05, 3.63) is 29.3 Å². The van der Waals surface area contributed by atoms with E-state index in [0.29, 0.717) is 11.5 Å². The van der Waals surface area contributed by atoms with Crippen molar-refractivity contribution in [2.45, 2.75) is 52.5 Å². The minimum atomic E-state index is 0.423. The van der Waals surface area contributed by atoms with Crippen LogP contribution in [0.2, 0.25) is 0 Å². The molecule has 1 saturated carbocycles. The van der Waals surface area contributed by atoms with Gasteiger partial charge in [-0.15, -0.1) is 0 Å². The van der Waals surface area contributed by atoms with Crippen molar-refractivity contribution < 1.29 is 0 Å². The lowest BCUT2D eigenvalue weighted by atomic mass is 9.75. The number of rotatable bonds is 2. The lowest BCUT2D eigenvalue weighted by molar-refractivity contribution is 0.229. The van der Waals surface area contributed by atoms with Gasteiger partial charge in [0.05, 0.1) is 11.3 Å². The summed E-state index contributed by atoms with van der Waals surface area (Å²) in [5, 5.41) is 12.8. The summed E-state index contributed by atoms with van der Waals surface area (Å²) in [4.78, 5) is 0. The van der Waals surface area contributed by atoms with Gasteiger partial charge in [0.25, 0.3) is 0 Å². The SMILES string of the molecule is Cc1cccc(NC2CCCC(C)(C)C2)c1C#N. The fourth-order valence-corrected chi connectivity index (χ4v) is 2.98. The number of nitrogens with one attached hydrogen (secondary N) is 1. The molecule has 96 valence electrons. The van der Waals surface area contributed by atoms with Gasteiger partial charge in [0.1, 0.15) is 6.07 Å². The van der Waals surface area contributed by atoms with Crippen LogP contribution in [0.1, 0.15) is 50.7 Å². The standard InChI is InChI=1S/C16H22N2/c1-12-6-4-8-15(14(12)11-17)18-13-7-5-9-16(2,3)10-13/h4,6,8,13,18H,5,7,9-10H2,1-3H3. The Kier molecular flexibility index (Phi) is 3.61. The van der Waals surface area contributed by atoms with E-state index in [2.05, 4.69) is 25.2 Å². The van der Waals surface area contributed by atoms with Crippen molar-refractivity contribution in [2.75, 3.05) is 5.32 Å². The quantitative estimate of drug-likeness (QED) is 0.841. The third kappa shape index (κ3) is 2.85. The molecule has 1 unspecified atom stereocenters. The number of aryl methyl sites for hydroxylation is 1. The van der Waals surface area contributed by atoms with Crippen LogP contribution in [-0.2, 0) is 0 Å². The molecule has 1 aromatic rings.